The highest BCUT2D eigenvalue weighted by Gasteiger charge is 2.14. The van der Waals surface area contributed by atoms with E-state index in [1.807, 2.05) is 0 Å². The van der Waals surface area contributed by atoms with Crippen LogP contribution in [0.3, 0.4) is 0 Å². The molecule has 21 heavy (non-hydrogen) atoms. The first-order valence-corrected chi connectivity index (χ1v) is 6.50. The molecule has 3 nitrogen and oxygen atoms in total. The molecule has 110 valence electrons. The third kappa shape index (κ3) is 3.70. The zero-order valence-electron chi connectivity index (χ0n) is 11.2. The van der Waals surface area contributed by atoms with E-state index in [0.29, 0.717) is 21.8 Å². The standard InChI is InChI=1S/C15H13ClF2N2O/c1-20(8-9-2-3-13(17)14(18)4-9)15(21)10-5-11(16)7-12(19)6-10/h2-7H,8,19H2,1H3. The highest BCUT2D eigenvalue weighted by Crippen LogP contribution is 2.19. The van der Waals surface area contributed by atoms with E-state index in [1.165, 1.54) is 29.2 Å². The van der Waals surface area contributed by atoms with Gasteiger partial charge in [0.1, 0.15) is 0 Å². The van der Waals surface area contributed by atoms with Gasteiger partial charge in [-0.3, -0.25) is 4.79 Å². The number of rotatable bonds is 3. The van der Waals surface area contributed by atoms with Gasteiger partial charge in [0.25, 0.3) is 5.91 Å². The minimum atomic E-state index is -0.944. The van der Waals surface area contributed by atoms with Crippen LogP contribution in [0.2, 0.25) is 5.02 Å². The minimum Gasteiger partial charge on any atom is -0.399 e. The molecule has 6 heteroatoms. The summed E-state index contributed by atoms with van der Waals surface area (Å²) in [4.78, 5) is 13.6. The van der Waals surface area contributed by atoms with Gasteiger partial charge < -0.3 is 10.6 Å². The Kier molecular flexibility index (Phi) is 4.43. The van der Waals surface area contributed by atoms with Crippen LogP contribution in [-0.2, 0) is 6.54 Å². The van der Waals surface area contributed by atoms with Gasteiger partial charge in [-0.15, -0.1) is 0 Å². The largest absolute Gasteiger partial charge is 0.399 e. The van der Waals surface area contributed by atoms with Crippen LogP contribution >= 0.6 is 11.6 Å². The lowest BCUT2D eigenvalue weighted by molar-refractivity contribution is 0.0785. The zero-order chi connectivity index (χ0) is 15.6. The fourth-order valence-corrected chi connectivity index (χ4v) is 2.18. The molecule has 0 atom stereocenters. The van der Waals surface area contributed by atoms with Gasteiger partial charge in [-0.1, -0.05) is 17.7 Å². The van der Waals surface area contributed by atoms with Crippen molar-refractivity contribution in [1.82, 2.24) is 4.90 Å². The topological polar surface area (TPSA) is 46.3 Å². The Balaban J connectivity index is 2.17. The maximum atomic E-state index is 13.1. The number of amides is 1. The second-order valence-corrected chi connectivity index (χ2v) is 5.12. The van der Waals surface area contributed by atoms with Gasteiger partial charge in [-0.2, -0.15) is 0 Å². The van der Waals surface area contributed by atoms with Crippen molar-refractivity contribution < 1.29 is 13.6 Å². The molecule has 0 spiro atoms. The van der Waals surface area contributed by atoms with Crippen LogP contribution in [0.1, 0.15) is 15.9 Å². The van der Waals surface area contributed by atoms with Gasteiger partial charge in [-0.05, 0) is 35.9 Å². The molecule has 0 saturated heterocycles. The van der Waals surface area contributed by atoms with Crippen molar-refractivity contribution >= 4 is 23.2 Å². The molecule has 0 aliphatic heterocycles. The molecule has 2 aromatic rings. The summed E-state index contributed by atoms with van der Waals surface area (Å²) in [6.07, 6.45) is 0. The Hall–Kier alpha value is -2.14. The first kappa shape index (κ1) is 15.3. The third-order valence-corrected chi connectivity index (χ3v) is 3.14. The molecule has 0 saturated carbocycles. The van der Waals surface area contributed by atoms with E-state index in [0.717, 1.165) is 12.1 Å². The average molecular weight is 311 g/mol. The van der Waals surface area contributed by atoms with Crippen molar-refractivity contribution in [3.8, 4) is 0 Å². The first-order valence-electron chi connectivity index (χ1n) is 6.12. The van der Waals surface area contributed by atoms with Crippen molar-refractivity contribution in [2.75, 3.05) is 12.8 Å². The number of hydrogen-bond acceptors (Lipinski definition) is 2. The molecule has 2 rings (SSSR count). The van der Waals surface area contributed by atoms with Crippen molar-refractivity contribution in [3.05, 3.63) is 64.2 Å². The molecule has 0 fully saturated rings. The summed E-state index contributed by atoms with van der Waals surface area (Å²) in [7, 11) is 1.56. The fourth-order valence-electron chi connectivity index (χ4n) is 1.94. The number of anilines is 1. The van der Waals surface area contributed by atoms with Gasteiger partial charge in [0, 0.05) is 29.9 Å². The minimum absolute atomic E-state index is 0.141. The number of nitrogen functional groups attached to an aromatic ring is 1. The van der Waals surface area contributed by atoms with E-state index in [-0.39, 0.29) is 12.5 Å². The molecular formula is C15H13ClF2N2O. The summed E-state index contributed by atoms with van der Waals surface area (Å²) in [5, 5.41) is 0.361. The number of benzene rings is 2. The van der Waals surface area contributed by atoms with Crippen molar-refractivity contribution in [2.45, 2.75) is 6.54 Å². The van der Waals surface area contributed by atoms with Crippen LogP contribution in [-0.4, -0.2) is 17.9 Å². The van der Waals surface area contributed by atoms with E-state index in [4.69, 9.17) is 17.3 Å². The Morgan fingerprint density at radius 2 is 1.90 bits per heavy atom. The van der Waals surface area contributed by atoms with Crippen LogP contribution in [0.15, 0.2) is 36.4 Å². The molecule has 0 heterocycles. The SMILES string of the molecule is CN(Cc1ccc(F)c(F)c1)C(=O)c1cc(N)cc(Cl)c1. The normalized spacial score (nSPS) is 10.5. The van der Waals surface area contributed by atoms with E-state index in [9.17, 15) is 13.6 Å². The lowest BCUT2D eigenvalue weighted by Crippen LogP contribution is -2.26. The smallest absolute Gasteiger partial charge is 0.254 e. The molecule has 2 aromatic carbocycles. The molecular weight excluding hydrogens is 298 g/mol. The summed E-state index contributed by atoms with van der Waals surface area (Å²) in [6.45, 7) is 0.141. The third-order valence-electron chi connectivity index (χ3n) is 2.92. The number of halogens is 3. The molecule has 0 aliphatic rings. The Bertz CT molecular complexity index is 671. The Labute approximate surface area is 125 Å². The van der Waals surface area contributed by atoms with E-state index in [2.05, 4.69) is 0 Å². The Morgan fingerprint density at radius 3 is 2.52 bits per heavy atom. The lowest BCUT2D eigenvalue weighted by Gasteiger charge is -2.18. The summed E-state index contributed by atoms with van der Waals surface area (Å²) < 4.78 is 26.0. The van der Waals surface area contributed by atoms with Gasteiger partial charge in [0.05, 0.1) is 0 Å². The predicted octanol–water partition coefficient (Wildman–Crippen LogP) is 3.47. The number of nitrogens with zero attached hydrogens (tertiary/aromatic N) is 1. The summed E-state index contributed by atoms with van der Waals surface area (Å²) in [6, 6.07) is 8.06. The molecule has 0 bridgehead atoms. The molecule has 2 N–H and O–H groups in total. The first-order chi connectivity index (χ1) is 9.86. The number of hydrogen-bond donors (Lipinski definition) is 1. The maximum absolute atomic E-state index is 13.1. The van der Waals surface area contributed by atoms with Crippen LogP contribution < -0.4 is 5.73 Å². The predicted molar refractivity (Wildman–Crippen MR) is 78.0 cm³/mol. The van der Waals surface area contributed by atoms with Gasteiger partial charge in [0.2, 0.25) is 0 Å². The van der Waals surface area contributed by atoms with E-state index < -0.39 is 11.6 Å². The molecule has 0 aromatic heterocycles. The van der Waals surface area contributed by atoms with Crippen LogP contribution in [0.25, 0.3) is 0 Å². The highest BCUT2D eigenvalue weighted by atomic mass is 35.5. The molecule has 1 amide bonds. The second-order valence-electron chi connectivity index (χ2n) is 4.68. The van der Waals surface area contributed by atoms with Gasteiger partial charge in [0.15, 0.2) is 11.6 Å². The van der Waals surface area contributed by atoms with E-state index >= 15 is 0 Å². The maximum Gasteiger partial charge on any atom is 0.254 e. The quantitative estimate of drug-likeness (QED) is 0.882. The van der Waals surface area contributed by atoms with Crippen molar-refractivity contribution in [2.24, 2.45) is 0 Å². The number of carbonyl (C=O) groups excluding carboxylic acids is 1. The Morgan fingerprint density at radius 1 is 1.19 bits per heavy atom. The van der Waals surface area contributed by atoms with Crippen LogP contribution in [0, 0.1) is 11.6 Å². The fraction of sp³-hybridized carbons (Fsp3) is 0.133. The van der Waals surface area contributed by atoms with Crippen LogP contribution in [0.4, 0.5) is 14.5 Å². The van der Waals surface area contributed by atoms with Gasteiger partial charge >= 0.3 is 0 Å². The number of carbonyl (C=O) groups is 1. The monoisotopic (exact) mass is 310 g/mol. The van der Waals surface area contributed by atoms with Crippen molar-refractivity contribution in [1.29, 1.82) is 0 Å². The van der Waals surface area contributed by atoms with Crippen molar-refractivity contribution in [3.63, 3.8) is 0 Å². The van der Waals surface area contributed by atoms with Gasteiger partial charge in [-0.25, -0.2) is 8.78 Å². The van der Waals surface area contributed by atoms with E-state index in [1.54, 1.807) is 7.05 Å². The average Bonchev–Trinajstić information content (AvgIpc) is 2.41. The summed E-state index contributed by atoms with van der Waals surface area (Å²) in [5.41, 5.74) is 6.85. The summed E-state index contributed by atoms with van der Waals surface area (Å²) in [5.74, 6) is -2.18. The highest BCUT2D eigenvalue weighted by molar-refractivity contribution is 6.31. The summed E-state index contributed by atoms with van der Waals surface area (Å²) >= 11 is 5.86. The molecule has 0 aliphatic carbocycles. The lowest BCUT2D eigenvalue weighted by atomic mass is 10.1. The molecule has 0 radical (unpaired) electrons. The number of nitrogens with two attached hydrogens (primary N) is 1. The second kappa shape index (κ2) is 6.10. The molecule has 0 unspecified atom stereocenters. The zero-order valence-corrected chi connectivity index (χ0v) is 12.0. The van der Waals surface area contributed by atoms with Crippen LogP contribution in [0.5, 0.6) is 0 Å².